The first-order valence-electron chi connectivity index (χ1n) is 13.5. The second kappa shape index (κ2) is 13.7. The topological polar surface area (TPSA) is 139 Å². The molecule has 4 aromatic rings. The van der Waals surface area contributed by atoms with E-state index in [-0.39, 0.29) is 23.2 Å². The van der Waals surface area contributed by atoms with Crippen LogP contribution in [0.25, 0.3) is 11.3 Å². The molecule has 2 aromatic heterocycles. The van der Waals surface area contributed by atoms with Crippen molar-refractivity contribution in [2.45, 2.75) is 6.92 Å². The quantitative estimate of drug-likeness (QED) is 0.206. The standard InChI is InChI=1S/C30H37N9O4/c1-19(40)32-24-16-25(27(42-6)17-26(24)38(4)15-14-37(2)3)34-30-31-18-21(29(41)43-7)28(35-30)33-22-11-9-8-10-20(22)23-12-13-39(5)36-23/h8-13,16-18H,14-15H2,1-7H3,(H,32,40)(H2,31,33,34,35). The fraction of sp³-hybridized carbons (Fsp3) is 0.300. The maximum absolute atomic E-state index is 12.7. The van der Waals surface area contributed by atoms with Crippen molar-refractivity contribution in [2.24, 2.45) is 7.05 Å². The van der Waals surface area contributed by atoms with Crippen molar-refractivity contribution in [1.82, 2.24) is 24.6 Å². The molecule has 0 radical (unpaired) electrons. The second-order valence-corrected chi connectivity index (χ2v) is 10.1. The molecule has 0 aliphatic carbocycles. The van der Waals surface area contributed by atoms with Crippen molar-refractivity contribution in [3.05, 3.63) is 60.4 Å². The number of nitrogens with zero attached hydrogens (tertiary/aromatic N) is 6. The average Bonchev–Trinajstić information content (AvgIpc) is 3.41. The molecule has 0 fully saturated rings. The first-order valence-corrected chi connectivity index (χ1v) is 13.5. The zero-order valence-electron chi connectivity index (χ0n) is 25.4. The molecule has 3 N–H and O–H groups in total. The number of aromatic nitrogens is 4. The molecule has 43 heavy (non-hydrogen) atoms. The number of esters is 1. The number of hydrogen-bond donors (Lipinski definition) is 3. The number of nitrogens with one attached hydrogen (secondary N) is 3. The molecule has 0 atom stereocenters. The van der Waals surface area contributed by atoms with Gasteiger partial charge in [-0.2, -0.15) is 10.1 Å². The van der Waals surface area contributed by atoms with E-state index in [2.05, 4.69) is 35.9 Å². The highest BCUT2D eigenvalue weighted by molar-refractivity contribution is 5.97. The second-order valence-electron chi connectivity index (χ2n) is 10.1. The summed E-state index contributed by atoms with van der Waals surface area (Å²) in [7, 11) is 10.7. The number of para-hydroxylation sites is 1. The zero-order valence-corrected chi connectivity index (χ0v) is 25.4. The summed E-state index contributed by atoms with van der Waals surface area (Å²) in [6.07, 6.45) is 3.24. The first-order chi connectivity index (χ1) is 20.6. The molecular formula is C30H37N9O4. The van der Waals surface area contributed by atoms with E-state index in [1.54, 1.807) is 17.9 Å². The highest BCUT2D eigenvalue weighted by atomic mass is 16.5. The Kier molecular flexibility index (Phi) is 9.78. The SMILES string of the molecule is COC(=O)c1cnc(Nc2cc(NC(C)=O)c(N(C)CCN(C)C)cc2OC)nc1Nc1ccccc1-c1ccn(C)n1. The normalized spacial score (nSPS) is 10.8. The monoisotopic (exact) mass is 587 g/mol. The van der Waals surface area contributed by atoms with Gasteiger partial charge in [-0.05, 0) is 32.3 Å². The molecular weight excluding hydrogens is 550 g/mol. The van der Waals surface area contributed by atoms with Crippen LogP contribution in [0.15, 0.2) is 54.9 Å². The van der Waals surface area contributed by atoms with Gasteiger partial charge in [-0.15, -0.1) is 0 Å². The predicted octanol–water partition coefficient (Wildman–Crippen LogP) is 4.12. The smallest absolute Gasteiger partial charge is 0.343 e. The van der Waals surface area contributed by atoms with E-state index in [9.17, 15) is 9.59 Å². The van der Waals surface area contributed by atoms with Gasteiger partial charge in [0.1, 0.15) is 11.3 Å². The van der Waals surface area contributed by atoms with Gasteiger partial charge in [-0.3, -0.25) is 9.48 Å². The molecule has 2 heterocycles. The van der Waals surface area contributed by atoms with Crippen LogP contribution in [-0.4, -0.2) is 85.0 Å². The summed E-state index contributed by atoms with van der Waals surface area (Å²) in [6.45, 7) is 3.00. The number of carbonyl (C=O) groups is 2. The minimum absolute atomic E-state index is 0.146. The number of carbonyl (C=O) groups excluding carboxylic acids is 2. The number of methoxy groups -OCH3 is 2. The largest absolute Gasteiger partial charge is 0.494 e. The maximum atomic E-state index is 12.7. The van der Waals surface area contributed by atoms with E-state index < -0.39 is 5.97 Å². The van der Waals surface area contributed by atoms with Crippen LogP contribution in [0.4, 0.5) is 34.5 Å². The Hall–Kier alpha value is -5.17. The Morgan fingerprint density at radius 2 is 1.74 bits per heavy atom. The summed E-state index contributed by atoms with van der Waals surface area (Å²) in [5.74, 6) is 0.117. The lowest BCUT2D eigenvalue weighted by atomic mass is 10.1. The lowest BCUT2D eigenvalue weighted by Crippen LogP contribution is -2.29. The molecule has 2 aromatic carbocycles. The molecule has 4 rings (SSSR count). The van der Waals surface area contributed by atoms with Crippen LogP contribution in [0.2, 0.25) is 0 Å². The van der Waals surface area contributed by atoms with Crippen LogP contribution >= 0.6 is 0 Å². The minimum atomic E-state index is -0.597. The van der Waals surface area contributed by atoms with Crippen molar-refractivity contribution in [1.29, 1.82) is 0 Å². The van der Waals surface area contributed by atoms with Gasteiger partial charge in [0, 0.05) is 63.8 Å². The Morgan fingerprint density at radius 1 is 0.977 bits per heavy atom. The number of rotatable bonds is 12. The van der Waals surface area contributed by atoms with E-state index in [4.69, 9.17) is 9.47 Å². The third kappa shape index (κ3) is 7.57. The lowest BCUT2D eigenvalue weighted by molar-refractivity contribution is -0.114. The van der Waals surface area contributed by atoms with Gasteiger partial charge >= 0.3 is 5.97 Å². The fourth-order valence-electron chi connectivity index (χ4n) is 4.33. The molecule has 226 valence electrons. The van der Waals surface area contributed by atoms with E-state index in [0.29, 0.717) is 22.8 Å². The molecule has 1 amide bonds. The summed E-state index contributed by atoms with van der Waals surface area (Å²) in [4.78, 5) is 37.8. The van der Waals surface area contributed by atoms with Gasteiger partial charge < -0.3 is 35.2 Å². The minimum Gasteiger partial charge on any atom is -0.494 e. The third-order valence-corrected chi connectivity index (χ3v) is 6.53. The van der Waals surface area contributed by atoms with E-state index in [0.717, 1.165) is 30.0 Å². The summed E-state index contributed by atoms with van der Waals surface area (Å²) >= 11 is 0. The molecule has 13 heteroatoms. The summed E-state index contributed by atoms with van der Waals surface area (Å²) in [5.41, 5.74) is 4.30. The Morgan fingerprint density at radius 3 is 2.40 bits per heavy atom. The average molecular weight is 588 g/mol. The number of amides is 1. The fourth-order valence-corrected chi connectivity index (χ4v) is 4.33. The molecule has 0 bridgehead atoms. The van der Waals surface area contributed by atoms with Crippen molar-refractivity contribution >= 4 is 46.4 Å². The van der Waals surface area contributed by atoms with E-state index >= 15 is 0 Å². The van der Waals surface area contributed by atoms with Gasteiger partial charge in [0.05, 0.1) is 37.0 Å². The van der Waals surface area contributed by atoms with Crippen molar-refractivity contribution in [3.63, 3.8) is 0 Å². The number of likely N-dealkylation sites (N-methyl/N-ethyl adjacent to an activating group) is 2. The number of benzene rings is 2. The Bertz CT molecular complexity index is 1600. The molecule has 0 unspecified atom stereocenters. The molecule has 13 nitrogen and oxygen atoms in total. The van der Waals surface area contributed by atoms with Gasteiger partial charge in [0.15, 0.2) is 5.82 Å². The molecule has 0 saturated carbocycles. The van der Waals surface area contributed by atoms with Crippen molar-refractivity contribution in [3.8, 4) is 17.0 Å². The zero-order chi connectivity index (χ0) is 31.1. The van der Waals surface area contributed by atoms with E-state index in [1.807, 2.05) is 75.7 Å². The van der Waals surface area contributed by atoms with Crippen LogP contribution in [0, 0.1) is 0 Å². The number of aryl methyl sites for hydroxylation is 1. The van der Waals surface area contributed by atoms with Crippen LogP contribution < -0.4 is 25.6 Å². The van der Waals surface area contributed by atoms with Gasteiger partial charge in [-0.1, -0.05) is 18.2 Å². The summed E-state index contributed by atoms with van der Waals surface area (Å²) < 4.78 is 12.4. The highest BCUT2D eigenvalue weighted by Gasteiger charge is 2.20. The van der Waals surface area contributed by atoms with Crippen molar-refractivity contribution < 1.29 is 19.1 Å². The van der Waals surface area contributed by atoms with Gasteiger partial charge in [0.25, 0.3) is 0 Å². The molecule has 0 aliphatic heterocycles. The lowest BCUT2D eigenvalue weighted by Gasteiger charge is -2.26. The van der Waals surface area contributed by atoms with Crippen LogP contribution in [0.5, 0.6) is 5.75 Å². The number of hydrogen-bond acceptors (Lipinski definition) is 11. The van der Waals surface area contributed by atoms with Crippen LogP contribution in [0.3, 0.4) is 0 Å². The predicted molar refractivity (Wildman–Crippen MR) is 168 cm³/mol. The van der Waals surface area contributed by atoms with Crippen molar-refractivity contribution in [2.75, 3.05) is 69.3 Å². The van der Waals surface area contributed by atoms with Crippen LogP contribution in [-0.2, 0) is 16.6 Å². The van der Waals surface area contributed by atoms with E-state index in [1.165, 1.54) is 20.2 Å². The highest BCUT2D eigenvalue weighted by Crippen LogP contribution is 2.38. The third-order valence-electron chi connectivity index (χ3n) is 6.53. The first kappa shape index (κ1) is 30.8. The number of anilines is 6. The van der Waals surface area contributed by atoms with Gasteiger partial charge in [-0.25, -0.2) is 9.78 Å². The molecule has 0 spiro atoms. The summed E-state index contributed by atoms with van der Waals surface area (Å²) in [5, 5.41) is 13.9. The molecule has 0 saturated heterocycles. The Labute approximate surface area is 250 Å². The maximum Gasteiger partial charge on any atom is 0.343 e. The Balaban J connectivity index is 1.73. The number of ether oxygens (including phenoxy) is 2. The molecule has 0 aliphatic rings. The van der Waals surface area contributed by atoms with Gasteiger partial charge in [0.2, 0.25) is 11.9 Å². The van der Waals surface area contributed by atoms with Crippen LogP contribution in [0.1, 0.15) is 17.3 Å². The summed E-state index contributed by atoms with van der Waals surface area (Å²) in [6, 6.07) is 13.1.